The van der Waals surface area contributed by atoms with E-state index < -0.39 is 27.0 Å². The van der Waals surface area contributed by atoms with Crippen LogP contribution < -0.4 is 0 Å². The molecule has 0 radical (unpaired) electrons. The Morgan fingerprint density at radius 1 is 1.14 bits per heavy atom. The third-order valence-corrected chi connectivity index (χ3v) is 1.74. The number of rotatable bonds is 2. The number of nitrogens with zero attached hydrogens (tertiary/aromatic N) is 2. The standard InChI is InChI=1S/C6H3ClN2O5/c7-3-1-5(9(13)14)6(10)2-4(3)8(11)12/h1-2,10H. The van der Waals surface area contributed by atoms with Crippen LogP contribution in [0.15, 0.2) is 12.1 Å². The molecule has 0 saturated carbocycles. The first kappa shape index (κ1) is 10.2. The van der Waals surface area contributed by atoms with Crippen LogP contribution in [-0.4, -0.2) is 15.0 Å². The molecule has 1 N–H and O–H groups in total. The highest BCUT2D eigenvalue weighted by Crippen LogP contribution is 2.35. The van der Waals surface area contributed by atoms with Gasteiger partial charge in [0.05, 0.1) is 15.9 Å². The number of phenolic OH excluding ortho intramolecular Hbond substituents is 1. The lowest BCUT2D eigenvalue weighted by Crippen LogP contribution is -1.93. The Morgan fingerprint density at radius 2 is 1.64 bits per heavy atom. The van der Waals surface area contributed by atoms with Crippen molar-refractivity contribution in [3.8, 4) is 5.75 Å². The number of phenols is 1. The van der Waals surface area contributed by atoms with Gasteiger partial charge in [-0.05, 0) is 0 Å². The molecular weight excluding hydrogens is 216 g/mol. The van der Waals surface area contributed by atoms with Crippen molar-refractivity contribution in [2.45, 2.75) is 0 Å². The van der Waals surface area contributed by atoms with Crippen LogP contribution in [0.3, 0.4) is 0 Å². The van der Waals surface area contributed by atoms with E-state index in [9.17, 15) is 20.2 Å². The molecule has 1 aromatic rings. The zero-order valence-corrected chi connectivity index (χ0v) is 7.26. The van der Waals surface area contributed by atoms with Crippen LogP contribution in [0.1, 0.15) is 0 Å². The third-order valence-electron chi connectivity index (χ3n) is 1.44. The van der Waals surface area contributed by atoms with Gasteiger partial charge in [-0.2, -0.15) is 0 Å². The van der Waals surface area contributed by atoms with E-state index in [2.05, 4.69) is 0 Å². The van der Waals surface area contributed by atoms with Gasteiger partial charge in [0.15, 0.2) is 0 Å². The van der Waals surface area contributed by atoms with E-state index in [1.165, 1.54) is 0 Å². The minimum Gasteiger partial charge on any atom is -0.502 e. The van der Waals surface area contributed by atoms with Crippen LogP contribution in [0.25, 0.3) is 0 Å². The smallest absolute Gasteiger partial charge is 0.312 e. The lowest BCUT2D eigenvalue weighted by atomic mass is 10.2. The number of nitro groups is 2. The number of benzene rings is 1. The van der Waals surface area contributed by atoms with Gasteiger partial charge in [-0.3, -0.25) is 20.2 Å². The SMILES string of the molecule is O=[N+]([O-])c1cc(Cl)c([N+](=O)[O-])cc1O. The van der Waals surface area contributed by atoms with E-state index in [1.54, 1.807) is 0 Å². The second kappa shape index (κ2) is 3.46. The summed E-state index contributed by atoms with van der Waals surface area (Å²) in [5.74, 6) is -0.786. The van der Waals surface area contributed by atoms with Crippen LogP contribution in [0.2, 0.25) is 5.02 Å². The van der Waals surface area contributed by atoms with E-state index in [4.69, 9.17) is 16.7 Å². The van der Waals surface area contributed by atoms with Crippen molar-refractivity contribution < 1.29 is 15.0 Å². The van der Waals surface area contributed by atoms with Gasteiger partial charge in [-0.25, -0.2) is 0 Å². The Hall–Kier alpha value is -1.89. The van der Waals surface area contributed by atoms with Crippen molar-refractivity contribution in [3.05, 3.63) is 37.4 Å². The summed E-state index contributed by atoms with van der Waals surface area (Å²) in [7, 11) is 0. The van der Waals surface area contributed by atoms with Gasteiger partial charge in [0, 0.05) is 6.07 Å². The molecule has 7 nitrogen and oxygen atoms in total. The molecule has 0 aliphatic rings. The van der Waals surface area contributed by atoms with Gasteiger partial charge < -0.3 is 5.11 Å². The molecule has 74 valence electrons. The van der Waals surface area contributed by atoms with E-state index in [-0.39, 0.29) is 5.02 Å². The molecule has 0 unspecified atom stereocenters. The van der Waals surface area contributed by atoms with Gasteiger partial charge >= 0.3 is 5.69 Å². The van der Waals surface area contributed by atoms with Gasteiger partial charge in [0.25, 0.3) is 5.69 Å². The first-order valence-electron chi connectivity index (χ1n) is 3.24. The zero-order chi connectivity index (χ0) is 10.9. The lowest BCUT2D eigenvalue weighted by molar-refractivity contribution is -0.389. The lowest BCUT2D eigenvalue weighted by Gasteiger charge is -1.97. The summed E-state index contributed by atoms with van der Waals surface area (Å²) in [6.45, 7) is 0. The maximum absolute atomic E-state index is 10.3. The van der Waals surface area contributed by atoms with Gasteiger partial charge in [0.2, 0.25) is 5.75 Å². The maximum Gasteiger partial charge on any atom is 0.312 e. The quantitative estimate of drug-likeness (QED) is 0.602. The van der Waals surface area contributed by atoms with E-state index in [1.807, 2.05) is 0 Å². The average Bonchev–Trinajstić information content (AvgIpc) is 2.07. The molecular formula is C6H3ClN2O5. The largest absolute Gasteiger partial charge is 0.502 e. The molecule has 0 saturated heterocycles. The summed E-state index contributed by atoms with van der Waals surface area (Å²) in [5.41, 5.74) is -1.24. The fourth-order valence-electron chi connectivity index (χ4n) is 0.826. The van der Waals surface area contributed by atoms with Gasteiger partial charge in [-0.1, -0.05) is 11.6 Å². The van der Waals surface area contributed by atoms with Crippen LogP contribution in [-0.2, 0) is 0 Å². The van der Waals surface area contributed by atoms with Crippen LogP contribution in [0.5, 0.6) is 5.75 Å². The Morgan fingerprint density at radius 3 is 2.07 bits per heavy atom. The molecule has 0 aromatic heterocycles. The fourth-order valence-corrected chi connectivity index (χ4v) is 1.05. The molecule has 0 spiro atoms. The summed E-state index contributed by atoms with van der Waals surface area (Å²) >= 11 is 5.38. The van der Waals surface area contributed by atoms with Crippen molar-refractivity contribution in [1.82, 2.24) is 0 Å². The predicted octanol–water partition coefficient (Wildman–Crippen LogP) is 1.86. The van der Waals surface area contributed by atoms with Crippen molar-refractivity contribution in [3.63, 3.8) is 0 Å². The molecule has 0 fully saturated rings. The predicted molar refractivity (Wildman–Crippen MR) is 46.4 cm³/mol. The van der Waals surface area contributed by atoms with Crippen molar-refractivity contribution in [2.24, 2.45) is 0 Å². The maximum atomic E-state index is 10.3. The number of nitro benzene ring substituents is 2. The number of hydrogen-bond donors (Lipinski definition) is 1. The average molecular weight is 219 g/mol. The molecule has 0 aliphatic heterocycles. The molecule has 0 bridgehead atoms. The summed E-state index contributed by atoms with van der Waals surface area (Å²) in [6.07, 6.45) is 0. The summed E-state index contributed by atoms with van der Waals surface area (Å²) in [4.78, 5) is 18.8. The molecule has 0 atom stereocenters. The number of hydrogen-bond acceptors (Lipinski definition) is 5. The second-order valence-electron chi connectivity index (χ2n) is 2.31. The topological polar surface area (TPSA) is 107 Å². The van der Waals surface area contributed by atoms with Crippen molar-refractivity contribution >= 4 is 23.0 Å². The molecule has 1 rings (SSSR count). The summed E-state index contributed by atoms with van der Waals surface area (Å²) in [5, 5.41) is 29.2. The summed E-state index contributed by atoms with van der Waals surface area (Å²) in [6, 6.07) is 1.37. The molecule has 8 heteroatoms. The van der Waals surface area contributed by atoms with Crippen molar-refractivity contribution in [2.75, 3.05) is 0 Å². The molecule has 14 heavy (non-hydrogen) atoms. The number of halogens is 1. The highest BCUT2D eigenvalue weighted by atomic mass is 35.5. The number of aromatic hydroxyl groups is 1. The minimum atomic E-state index is -0.884. The third kappa shape index (κ3) is 1.72. The van der Waals surface area contributed by atoms with Crippen LogP contribution >= 0.6 is 11.6 Å². The van der Waals surface area contributed by atoms with Gasteiger partial charge in [-0.15, -0.1) is 0 Å². The zero-order valence-electron chi connectivity index (χ0n) is 6.51. The molecule has 0 aliphatic carbocycles. The highest BCUT2D eigenvalue weighted by Gasteiger charge is 2.22. The molecule has 0 amide bonds. The Bertz CT molecular complexity index is 379. The highest BCUT2D eigenvalue weighted by molar-refractivity contribution is 6.33. The molecule has 0 heterocycles. The fraction of sp³-hybridized carbons (Fsp3) is 0. The van der Waals surface area contributed by atoms with E-state index in [0.717, 1.165) is 6.07 Å². The normalized spacial score (nSPS) is 9.79. The van der Waals surface area contributed by atoms with Crippen molar-refractivity contribution in [1.29, 1.82) is 0 Å². The Kier molecular flexibility index (Phi) is 2.52. The van der Waals surface area contributed by atoms with Crippen LogP contribution in [0.4, 0.5) is 11.4 Å². The second-order valence-corrected chi connectivity index (χ2v) is 2.71. The minimum absolute atomic E-state index is 0.389. The van der Waals surface area contributed by atoms with E-state index in [0.29, 0.717) is 6.07 Å². The van der Waals surface area contributed by atoms with Crippen LogP contribution in [0, 0.1) is 20.2 Å². The monoisotopic (exact) mass is 218 g/mol. The first-order valence-corrected chi connectivity index (χ1v) is 3.62. The first-order chi connectivity index (χ1) is 6.43. The molecule has 1 aromatic carbocycles. The Labute approximate surface area is 81.8 Å². The summed E-state index contributed by atoms with van der Waals surface area (Å²) < 4.78 is 0. The van der Waals surface area contributed by atoms with Gasteiger partial charge in [0.1, 0.15) is 5.02 Å². The van der Waals surface area contributed by atoms with E-state index >= 15 is 0 Å². The Balaban J connectivity index is 3.38.